The highest BCUT2D eigenvalue weighted by atomic mass is 14.3. The fraction of sp³-hybridized carbons (Fsp3) is 0.895. The van der Waals surface area contributed by atoms with E-state index in [9.17, 15) is 0 Å². The molecule has 0 heterocycles. The third-order valence-corrected chi connectivity index (χ3v) is 5.66. The Hall–Kier alpha value is -0.260. The summed E-state index contributed by atoms with van der Waals surface area (Å²) in [6.45, 7) is 4.22. The van der Waals surface area contributed by atoms with E-state index in [1.807, 2.05) is 0 Å². The van der Waals surface area contributed by atoms with E-state index >= 15 is 0 Å². The maximum atomic E-state index is 4.22. The van der Waals surface area contributed by atoms with Crippen LogP contribution in [0.1, 0.15) is 89.9 Å². The molecule has 0 spiro atoms. The minimum Gasteiger partial charge on any atom is -0.103 e. The van der Waals surface area contributed by atoms with Crippen LogP contribution in [0, 0.1) is 17.8 Å². The zero-order valence-corrected chi connectivity index (χ0v) is 12.9. The van der Waals surface area contributed by atoms with Crippen molar-refractivity contribution in [2.24, 2.45) is 17.8 Å². The molecule has 0 unspecified atom stereocenters. The Morgan fingerprint density at radius 2 is 0.895 bits per heavy atom. The summed E-state index contributed by atoms with van der Waals surface area (Å²) >= 11 is 0. The molecule has 0 aliphatic heterocycles. The van der Waals surface area contributed by atoms with Crippen molar-refractivity contribution in [2.45, 2.75) is 89.9 Å². The van der Waals surface area contributed by atoms with Crippen molar-refractivity contribution in [3.63, 3.8) is 0 Å². The van der Waals surface area contributed by atoms with Crippen LogP contribution in [0.2, 0.25) is 0 Å². The van der Waals surface area contributed by atoms with Gasteiger partial charge in [0.15, 0.2) is 0 Å². The van der Waals surface area contributed by atoms with Gasteiger partial charge < -0.3 is 0 Å². The average Bonchev–Trinajstić information content (AvgIpc) is 2.34. The molecule has 0 aromatic carbocycles. The largest absolute Gasteiger partial charge is 0.103 e. The van der Waals surface area contributed by atoms with Gasteiger partial charge in [0, 0.05) is 0 Å². The summed E-state index contributed by atoms with van der Waals surface area (Å²) in [5.74, 6) is 2.75. The summed E-state index contributed by atoms with van der Waals surface area (Å²) < 4.78 is 0. The van der Waals surface area contributed by atoms with Gasteiger partial charge in [-0.25, -0.2) is 0 Å². The van der Waals surface area contributed by atoms with Crippen molar-refractivity contribution in [2.75, 3.05) is 0 Å². The molecule has 0 amide bonds. The quantitative estimate of drug-likeness (QED) is 0.509. The molecule has 0 N–H and O–H groups in total. The third kappa shape index (κ3) is 4.97. The van der Waals surface area contributed by atoms with Crippen LogP contribution in [-0.2, 0) is 0 Å². The molecule has 0 aromatic heterocycles. The SMILES string of the molecule is C=CC(C1CCCCCCC1)C1CCCCCCC1. The van der Waals surface area contributed by atoms with E-state index in [0.717, 1.165) is 17.8 Å². The van der Waals surface area contributed by atoms with E-state index in [1.165, 1.54) is 89.9 Å². The van der Waals surface area contributed by atoms with Gasteiger partial charge in [-0.05, 0) is 43.4 Å². The summed E-state index contributed by atoms with van der Waals surface area (Å²) in [7, 11) is 0. The first-order chi connectivity index (χ1) is 9.42. The van der Waals surface area contributed by atoms with Gasteiger partial charge in [0.25, 0.3) is 0 Å². The Kier molecular flexibility index (Phi) is 7.03. The van der Waals surface area contributed by atoms with Crippen molar-refractivity contribution in [1.82, 2.24) is 0 Å². The number of hydrogen-bond donors (Lipinski definition) is 0. The summed E-state index contributed by atoms with van der Waals surface area (Å²) in [5.41, 5.74) is 0. The van der Waals surface area contributed by atoms with Gasteiger partial charge in [-0.1, -0.05) is 70.3 Å². The van der Waals surface area contributed by atoms with Gasteiger partial charge >= 0.3 is 0 Å². The molecule has 110 valence electrons. The van der Waals surface area contributed by atoms with Crippen LogP contribution in [-0.4, -0.2) is 0 Å². The lowest BCUT2D eigenvalue weighted by Gasteiger charge is -2.34. The van der Waals surface area contributed by atoms with E-state index in [4.69, 9.17) is 0 Å². The molecule has 0 nitrogen and oxygen atoms in total. The highest BCUT2D eigenvalue weighted by Gasteiger charge is 2.27. The Labute approximate surface area is 121 Å². The van der Waals surface area contributed by atoms with Gasteiger partial charge in [0.1, 0.15) is 0 Å². The Balaban J connectivity index is 1.92. The summed E-state index contributed by atoms with van der Waals surface area (Å²) in [4.78, 5) is 0. The van der Waals surface area contributed by atoms with Crippen molar-refractivity contribution in [3.05, 3.63) is 12.7 Å². The second-order valence-corrected chi connectivity index (χ2v) is 7.02. The minimum absolute atomic E-state index is 0.830. The van der Waals surface area contributed by atoms with Crippen LogP contribution < -0.4 is 0 Å². The second kappa shape index (κ2) is 8.82. The molecule has 0 heteroatoms. The molecule has 0 saturated heterocycles. The highest BCUT2D eigenvalue weighted by Crippen LogP contribution is 2.38. The van der Waals surface area contributed by atoms with Crippen LogP contribution in [0.5, 0.6) is 0 Å². The van der Waals surface area contributed by atoms with Crippen LogP contribution >= 0.6 is 0 Å². The first-order valence-corrected chi connectivity index (χ1v) is 9.04. The second-order valence-electron chi connectivity index (χ2n) is 7.02. The molecule has 0 aromatic rings. The van der Waals surface area contributed by atoms with Crippen LogP contribution in [0.15, 0.2) is 12.7 Å². The molecule has 0 radical (unpaired) electrons. The van der Waals surface area contributed by atoms with Crippen molar-refractivity contribution >= 4 is 0 Å². The summed E-state index contributed by atoms with van der Waals surface area (Å²) in [6, 6.07) is 0. The molecule has 0 atom stereocenters. The van der Waals surface area contributed by atoms with E-state index < -0.39 is 0 Å². The summed E-state index contributed by atoms with van der Waals surface area (Å²) in [6.07, 6.45) is 23.0. The normalized spacial score (nSPS) is 25.3. The monoisotopic (exact) mass is 262 g/mol. The Morgan fingerprint density at radius 1 is 0.579 bits per heavy atom. The third-order valence-electron chi connectivity index (χ3n) is 5.66. The molecule has 2 aliphatic rings. The topological polar surface area (TPSA) is 0 Å². The van der Waals surface area contributed by atoms with Gasteiger partial charge in [0.05, 0.1) is 0 Å². The molecule has 2 saturated carbocycles. The van der Waals surface area contributed by atoms with Crippen molar-refractivity contribution < 1.29 is 0 Å². The van der Waals surface area contributed by atoms with Crippen molar-refractivity contribution in [1.29, 1.82) is 0 Å². The van der Waals surface area contributed by atoms with E-state index in [0.29, 0.717) is 0 Å². The minimum atomic E-state index is 0.830. The fourth-order valence-corrected chi connectivity index (χ4v) is 4.52. The fourth-order valence-electron chi connectivity index (χ4n) is 4.52. The van der Waals surface area contributed by atoms with E-state index in [-0.39, 0.29) is 0 Å². The molecular weight excluding hydrogens is 228 g/mol. The van der Waals surface area contributed by atoms with Gasteiger partial charge in [-0.15, -0.1) is 6.58 Å². The maximum Gasteiger partial charge on any atom is -0.0179 e. The molecular formula is C19H34. The first-order valence-electron chi connectivity index (χ1n) is 9.04. The molecule has 19 heavy (non-hydrogen) atoms. The number of rotatable bonds is 3. The summed E-state index contributed by atoms with van der Waals surface area (Å²) in [5, 5.41) is 0. The van der Waals surface area contributed by atoms with Gasteiger partial charge in [0.2, 0.25) is 0 Å². The lowest BCUT2D eigenvalue weighted by Crippen LogP contribution is -2.23. The van der Waals surface area contributed by atoms with E-state index in [1.54, 1.807) is 0 Å². The zero-order valence-electron chi connectivity index (χ0n) is 12.9. The predicted molar refractivity (Wildman–Crippen MR) is 85.3 cm³/mol. The Morgan fingerprint density at radius 3 is 1.21 bits per heavy atom. The molecule has 0 bridgehead atoms. The standard InChI is InChI=1S/C19H34/c1-2-19(17-13-9-5-3-6-10-14-17)18-15-11-7-4-8-12-16-18/h2,17-19H,1,3-16H2. The van der Waals surface area contributed by atoms with Gasteiger partial charge in [-0.3, -0.25) is 0 Å². The maximum absolute atomic E-state index is 4.22. The first kappa shape index (κ1) is 15.1. The highest BCUT2D eigenvalue weighted by molar-refractivity contribution is 4.90. The van der Waals surface area contributed by atoms with Crippen LogP contribution in [0.4, 0.5) is 0 Å². The molecule has 2 fully saturated rings. The van der Waals surface area contributed by atoms with Crippen LogP contribution in [0.25, 0.3) is 0 Å². The number of hydrogen-bond acceptors (Lipinski definition) is 0. The van der Waals surface area contributed by atoms with Crippen LogP contribution in [0.3, 0.4) is 0 Å². The Bertz CT molecular complexity index is 204. The lowest BCUT2D eigenvalue weighted by atomic mass is 9.71. The lowest BCUT2D eigenvalue weighted by molar-refractivity contribution is 0.201. The molecule has 2 aliphatic carbocycles. The number of allylic oxidation sites excluding steroid dienone is 1. The average molecular weight is 262 g/mol. The molecule has 2 rings (SSSR count). The van der Waals surface area contributed by atoms with Gasteiger partial charge in [-0.2, -0.15) is 0 Å². The van der Waals surface area contributed by atoms with Crippen molar-refractivity contribution in [3.8, 4) is 0 Å². The zero-order chi connectivity index (χ0) is 13.3. The van der Waals surface area contributed by atoms with E-state index in [2.05, 4.69) is 12.7 Å². The predicted octanol–water partition coefficient (Wildman–Crippen LogP) is 6.51. The smallest absolute Gasteiger partial charge is 0.0179 e.